The van der Waals surface area contributed by atoms with Gasteiger partial charge in [0.15, 0.2) is 11.5 Å². The summed E-state index contributed by atoms with van der Waals surface area (Å²) < 4.78 is 10.8. The first-order chi connectivity index (χ1) is 12.6. The lowest BCUT2D eigenvalue weighted by molar-refractivity contribution is -0.122. The van der Waals surface area contributed by atoms with E-state index in [1.807, 2.05) is 0 Å². The van der Waals surface area contributed by atoms with Crippen molar-refractivity contribution in [3.05, 3.63) is 23.3 Å². The van der Waals surface area contributed by atoms with Crippen molar-refractivity contribution in [3.8, 4) is 11.5 Å². The van der Waals surface area contributed by atoms with Gasteiger partial charge in [0.25, 0.3) is 0 Å². The zero-order valence-electron chi connectivity index (χ0n) is 15.9. The van der Waals surface area contributed by atoms with Crippen molar-refractivity contribution >= 4 is 5.91 Å². The Morgan fingerprint density at radius 3 is 2.50 bits per heavy atom. The number of nitrogens with two attached hydrogens (primary N) is 1. The first kappa shape index (κ1) is 19.0. The molecule has 0 spiro atoms. The number of rotatable bonds is 2. The fourth-order valence-corrected chi connectivity index (χ4v) is 4.09. The molecule has 0 bridgehead atoms. The zero-order valence-corrected chi connectivity index (χ0v) is 15.9. The number of benzene rings is 1. The quantitative estimate of drug-likeness (QED) is 0.843. The highest BCUT2D eigenvalue weighted by molar-refractivity contribution is 5.76. The van der Waals surface area contributed by atoms with Crippen LogP contribution in [-0.2, 0) is 11.2 Å². The summed E-state index contributed by atoms with van der Waals surface area (Å²) in [6.45, 7) is 3.12. The summed E-state index contributed by atoms with van der Waals surface area (Å²) in [6.07, 6.45) is 6.21. The van der Waals surface area contributed by atoms with E-state index in [9.17, 15) is 4.79 Å². The van der Waals surface area contributed by atoms with Gasteiger partial charge in [0.05, 0.1) is 14.2 Å². The van der Waals surface area contributed by atoms with E-state index in [1.54, 1.807) is 14.2 Å². The van der Waals surface area contributed by atoms with E-state index in [0.717, 1.165) is 69.7 Å². The average Bonchev–Trinajstić information content (AvgIpc) is 2.67. The van der Waals surface area contributed by atoms with Crippen LogP contribution in [0.2, 0.25) is 0 Å². The molecule has 26 heavy (non-hydrogen) atoms. The van der Waals surface area contributed by atoms with Crippen LogP contribution in [-0.4, -0.2) is 50.7 Å². The molecular weight excluding hydrogens is 330 g/mol. The summed E-state index contributed by atoms with van der Waals surface area (Å²) in [5, 5.41) is 2.74. The fraction of sp³-hybridized carbons (Fsp3) is 0.650. The molecule has 2 saturated heterocycles. The van der Waals surface area contributed by atoms with Crippen molar-refractivity contribution < 1.29 is 14.3 Å². The van der Waals surface area contributed by atoms with Gasteiger partial charge < -0.3 is 20.5 Å². The standard InChI is InChI=1S/C15H22N2O2.C5H9NO/c1-18-14-7-10-3-5-17-6-4-11(16)8-13(17)12(10)9-15(14)19-2;7-5-3-1-2-4-6-5/h7,9,11,13H,3-6,8,16H2,1-2H3;1-4H2,(H,6,7). The molecule has 3 heterocycles. The lowest BCUT2D eigenvalue weighted by Crippen LogP contribution is -2.45. The maximum absolute atomic E-state index is 10.4. The van der Waals surface area contributed by atoms with Gasteiger partial charge in [0, 0.05) is 38.1 Å². The van der Waals surface area contributed by atoms with E-state index in [-0.39, 0.29) is 5.91 Å². The van der Waals surface area contributed by atoms with Crippen molar-refractivity contribution in [2.24, 2.45) is 5.73 Å². The number of carbonyl (C=O) groups excluding carboxylic acids is 1. The minimum absolute atomic E-state index is 0.214. The molecule has 0 aliphatic carbocycles. The Morgan fingerprint density at radius 2 is 1.88 bits per heavy atom. The molecule has 3 aliphatic rings. The second kappa shape index (κ2) is 8.73. The summed E-state index contributed by atoms with van der Waals surface area (Å²) in [4.78, 5) is 12.9. The molecule has 2 atom stereocenters. The monoisotopic (exact) mass is 361 g/mol. The third kappa shape index (κ3) is 4.30. The Morgan fingerprint density at radius 1 is 1.12 bits per heavy atom. The van der Waals surface area contributed by atoms with Crippen LogP contribution in [0.1, 0.15) is 49.3 Å². The number of carbonyl (C=O) groups is 1. The molecule has 0 radical (unpaired) electrons. The Labute approximate surface area is 156 Å². The molecule has 6 heteroatoms. The Bertz CT molecular complexity index is 627. The topological polar surface area (TPSA) is 76.8 Å². The summed E-state index contributed by atoms with van der Waals surface area (Å²) in [5.74, 6) is 1.86. The molecule has 6 nitrogen and oxygen atoms in total. The molecule has 2 unspecified atom stereocenters. The number of nitrogens with one attached hydrogen (secondary N) is 1. The number of methoxy groups -OCH3 is 2. The second-order valence-electron chi connectivity index (χ2n) is 7.30. The normalized spacial score (nSPS) is 25.1. The Hall–Kier alpha value is -1.79. The molecule has 4 rings (SSSR count). The van der Waals surface area contributed by atoms with E-state index in [0.29, 0.717) is 12.1 Å². The van der Waals surface area contributed by atoms with Gasteiger partial charge >= 0.3 is 0 Å². The minimum Gasteiger partial charge on any atom is -0.493 e. The minimum atomic E-state index is 0.214. The van der Waals surface area contributed by atoms with Gasteiger partial charge in [-0.2, -0.15) is 0 Å². The van der Waals surface area contributed by atoms with Crippen LogP contribution in [0.4, 0.5) is 0 Å². The summed E-state index contributed by atoms with van der Waals surface area (Å²) in [6, 6.07) is 5.04. The maximum Gasteiger partial charge on any atom is 0.219 e. The molecule has 2 fully saturated rings. The molecule has 0 saturated carbocycles. The highest BCUT2D eigenvalue weighted by Crippen LogP contribution is 2.41. The van der Waals surface area contributed by atoms with Crippen LogP contribution in [0.25, 0.3) is 0 Å². The fourth-order valence-electron chi connectivity index (χ4n) is 4.09. The van der Waals surface area contributed by atoms with Crippen molar-refractivity contribution in [1.29, 1.82) is 0 Å². The van der Waals surface area contributed by atoms with Gasteiger partial charge in [0.1, 0.15) is 0 Å². The molecular formula is C20H31N3O3. The van der Waals surface area contributed by atoms with Gasteiger partial charge in [-0.3, -0.25) is 9.69 Å². The smallest absolute Gasteiger partial charge is 0.219 e. The van der Waals surface area contributed by atoms with E-state index in [4.69, 9.17) is 15.2 Å². The van der Waals surface area contributed by atoms with E-state index < -0.39 is 0 Å². The van der Waals surface area contributed by atoms with Gasteiger partial charge in [-0.25, -0.2) is 0 Å². The summed E-state index contributed by atoms with van der Waals surface area (Å²) in [7, 11) is 3.38. The second-order valence-corrected chi connectivity index (χ2v) is 7.30. The Kier molecular flexibility index (Phi) is 6.38. The maximum atomic E-state index is 10.4. The highest BCUT2D eigenvalue weighted by atomic mass is 16.5. The van der Waals surface area contributed by atoms with Crippen LogP contribution in [0.15, 0.2) is 12.1 Å². The Balaban J connectivity index is 0.000000236. The molecule has 0 aromatic heterocycles. The number of ether oxygens (including phenoxy) is 2. The van der Waals surface area contributed by atoms with E-state index in [2.05, 4.69) is 22.3 Å². The number of amides is 1. The predicted octanol–water partition coefficient (Wildman–Crippen LogP) is 2.01. The van der Waals surface area contributed by atoms with Gasteiger partial charge in [-0.05, 0) is 55.4 Å². The summed E-state index contributed by atoms with van der Waals surface area (Å²) in [5.41, 5.74) is 8.90. The molecule has 1 aromatic carbocycles. The average molecular weight is 361 g/mol. The predicted molar refractivity (Wildman–Crippen MR) is 102 cm³/mol. The lowest BCUT2D eigenvalue weighted by atomic mass is 9.85. The summed E-state index contributed by atoms with van der Waals surface area (Å²) >= 11 is 0. The van der Waals surface area contributed by atoms with Crippen LogP contribution in [0, 0.1) is 0 Å². The number of hydrogen-bond donors (Lipinski definition) is 2. The van der Waals surface area contributed by atoms with E-state index in [1.165, 1.54) is 11.1 Å². The SMILES string of the molecule is COc1cc2c(cc1OC)C1CC(N)CCN1CC2.O=C1CCCCN1. The van der Waals surface area contributed by atoms with Crippen molar-refractivity contribution in [2.75, 3.05) is 33.9 Å². The number of piperidine rings is 2. The zero-order chi connectivity index (χ0) is 18.5. The van der Waals surface area contributed by atoms with Crippen molar-refractivity contribution in [3.63, 3.8) is 0 Å². The van der Waals surface area contributed by atoms with Crippen molar-refractivity contribution in [2.45, 2.75) is 50.6 Å². The lowest BCUT2D eigenvalue weighted by Gasteiger charge is -2.42. The van der Waals surface area contributed by atoms with Crippen LogP contribution in [0.3, 0.4) is 0 Å². The van der Waals surface area contributed by atoms with Crippen LogP contribution in [0.5, 0.6) is 11.5 Å². The molecule has 3 aliphatic heterocycles. The van der Waals surface area contributed by atoms with Crippen LogP contribution >= 0.6 is 0 Å². The van der Waals surface area contributed by atoms with Gasteiger partial charge in [0.2, 0.25) is 5.91 Å². The molecule has 144 valence electrons. The molecule has 3 N–H and O–H groups in total. The van der Waals surface area contributed by atoms with Crippen LogP contribution < -0.4 is 20.5 Å². The molecule has 1 aromatic rings. The highest BCUT2D eigenvalue weighted by Gasteiger charge is 2.33. The van der Waals surface area contributed by atoms with Crippen molar-refractivity contribution in [1.82, 2.24) is 10.2 Å². The van der Waals surface area contributed by atoms with E-state index >= 15 is 0 Å². The third-order valence-corrected chi connectivity index (χ3v) is 5.58. The van der Waals surface area contributed by atoms with Gasteiger partial charge in [-0.15, -0.1) is 0 Å². The largest absolute Gasteiger partial charge is 0.493 e. The number of nitrogens with zero attached hydrogens (tertiary/aromatic N) is 1. The number of hydrogen-bond acceptors (Lipinski definition) is 5. The molecule has 1 amide bonds. The first-order valence-electron chi connectivity index (χ1n) is 9.63. The van der Waals surface area contributed by atoms with Gasteiger partial charge in [-0.1, -0.05) is 0 Å². The first-order valence-corrected chi connectivity index (χ1v) is 9.63. The number of fused-ring (bicyclic) bond motifs is 3. The third-order valence-electron chi connectivity index (χ3n) is 5.58.